The maximum absolute atomic E-state index is 14.1. The van der Waals surface area contributed by atoms with Gasteiger partial charge in [0.15, 0.2) is 11.6 Å². The van der Waals surface area contributed by atoms with E-state index in [0.29, 0.717) is 17.0 Å². The number of hydrogen-bond donors (Lipinski definition) is 1. The van der Waals surface area contributed by atoms with Gasteiger partial charge in [-0.3, -0.25) is 0 Å². The molecule has 0 radical (unpaired) electrons. The Hall–Kier alpha value is -3.15. The van der Waals surface area contributed by atoms with Gasteiger partial charge in [0.05, 0.1) is 0 Å². The Morgan fingerprint density at radius 1 is 1.25 bits per heavy atom. The first kappa shape index (κ1) is 25.1. The minimum absolute atomic E-state index is 0.0943. The van der Waals surface area contributed by atoms with Crippen LogP contribution in [0.5, 0.6) is 0 Å². The lowest BCUT2D eigenvalue weighted by Crippen LogP contribution is -2.35. The molecule has 0 amide bonds. The van der Waals surface area contributed by atoms with Crippen molar-refractivity contribution in [2.45, 2.75) is 27.2 Å². The number of hydrogen-bond acceptors (Lipinski definition) is 4. The van der Waals surface area contributed by atoms with Crippen molar-refractivity contribution in [2.24, 2.45) is 10.4 Å². The average molecular weight is 441 g/mol. The van der Waals surface area contributed by atoms with Crippen LogP contribution in [0.2, 0.25) is 0 Å². The third-order valence-electron chi connectivity index (χ3n) is 4.99. The molecular weight excluding hydrogens is 406 g/mol. The summed E-state index contributed by atoms with van der Waals surface area (Å²) in [5.41, 5.74) is 2.37. The fourth-order valence-electron chi connectivity index (χ4n) is 3.41. The smallest absolute Gasteiger partial charge is 0.166 e. The van der Waals surface area contributed by atoms with Crippen LogP contribution in [0.4, 0.5) is 8.78 Å². The van der Waals surface area contributed by atoms with Gasteiger partial charge in [-0.15, -0.1) is 0 Å². The van der Waals surface area contributed by atoms with Crippen LogP contribution in [0, 0.1) is 17.0 Å². The zero-order chi connectivity index (χ0) is 24.1. The van der Waals surface area contributed by atoms with Crippen LogP contribution in [-0.4, -0.2) is 42.8 Å². The van der Waals surface area contributed by atoms with E-state index in [0.717, 1.165) is 37.1 Å². The molecule has 1 aromatic carbocycles. The van der Waals surface area contributed by atoms with E-state index in [9.17, 15) is 8.78 Å². The van der Waals surface area contributed by atoms with Gasteiger partial charge in [-0.25, -0.2) is 13.8 Å². The van der Waals surface area contributed by atoms with E-state index in [1.807, 2.05) is 36.2 Å². The molecule has 1 heterocycles. The SMILES string of the molecule is C=C/C(=C1/N=C(N(C)CCNC(=C)CC(C)(C)C)C=CN1C)c1cc(F)c(F)c(C=C)c1. The van der Waals surface area contributed by atoms with Crippen molar-refractivity contribution in [2.75, 3.05) is 27.2 Å². The quantitative estimate of drug-likeness (QED) is 0.555. The molecule has 1 aromatic rings. The Balaban J connectivity index is 2.26. The summed E-state index contributed by atoms with van der Waals surface area (Å²) in [6.45, 7) is 19.5. The van der Waals surface area contributed by atoms with Gasteiger partial charge in [0.25, 0.3) is 0 Å². The number of likely N-dealkylation sites (N-methyl/N-ethyl adjacent to an activating group) is 1. The highest BCUT2D eigenvalue weighted by atomic mass is 19.2. The summed E-state index contributed by atoms with van der Waals surface area (Å²) in [4.78, 5) is 8.63. The van der Waals surface area contributed by atoms with Gasteiger partial charge in [0, 0.05) is 50.2 Å². The van der Waals surface area contributed by atoms with Crippen molar-refractivity contribution >= 4 is 17.5 Å². The molecule has 1 aliphatic heterocycles. The van der Waals surface area contributed by atoms with Crippen molar-refractivity contribution < 1.29 is 8.78 Å². The van der Waals surface area contributed by atoms with Gasteiger partial charge in [-0.1, -0.05) is 52.7 Å². The Morgan fingerprint density at radius 2 is 1.94 bits per heavy atom. The molecule has 2 rings (SSSR count). The molecule has 0 aliphatic carbocycles. The van der Waals surface area contributed by atoms with Gasteiger partial charge in [-0.2, -0.15) is 0 Å². The molecule has 0 unspecified atom stereocenters. The van der Waals surface area contributed by atoms with Gasteiger partial charge in [0.1, 0.15) is 11.7 Å². The van der Waals surface area contributed by atoms with Crippen LogP contribution in [-0.2, 0) is 0 Å². The Morgan fingerprint density at radius 3 is 2.53 bits per heavy atom. The topological polar surface area (TPSA) is 30.9 Å². The zero-order valence-electron chi connectivity index (χ0n) is 19.8. The van der Waals surface area contributed by atoms with Crippen molar-refractivity contribution in [3.8, 4) is 0 Å². The summed E-state index contributed by atoms with van der Waals surface area (Å²) in [6.07, 6.45) is 7.59. The molecule has 0 saturated heterocycles. The monoisotopic (exact) mass is 440 g/mol. The van der Waals surface area contributed by atoms with E-state index in [2.05, 4.69) is 45.8 Å². The number of aliphatic imine (C=N–C) groups is 1. The minimum Gasteiger partial charge on any atom is -0.387 e. The highest BCUT2D eigenvalue weighted by molar-refractivity contribution is 5.95. The zero-order valence-corrected chi connectivity index (χ0v) is 19.8. The molecular formula is C26H34F2N4. The van der Waals surface area contributed by atoms with E-state index in [-0.39, 0.29) is 11.0 Å². The fourth-order valence-corrected chi connectivity index (χ4v) is 3.41. The van der Waals surface area contributed by atoms with Gasteiger partial charge >= 0.3 is 0 Å². The summed E-state index contributed by atoms with van der Waals surface area (Å²) in [5.74, 6) is -0.504. The molecule has 172 valence electrons. The second-order valence-corrected chi connectivity index (χ2v) is 9.09. The number of halogens is 2. The van der Waals surface area contributed by atoms with E-state index < -0.39 is 11.6 Å². The summed E-state index contributed by atoms with van der Waals surface area (Å²) in [7, 11) is 3.81. The predicted octanol–water partition coefficient (Wildman–Crippen LogP) is 5.79. The Kier molecular flexibility index (Phi) is 8.19. The molecule has 0 bridgehead atoms. The second-order valence-electron chi connectivity index (χ2n) is 9.09. The molecule has 0 aromatic heterocycles. The molecule has 1 N–H and O–H groups in total. The van der Waals surface area contributed by atoms with Crippen molar-refractivity contribution in [3.63, 3.8) is 0 Å². The van der Waals surface area contributed by atoms with Crippen LogP contribution in [0.15, 0.2) is 66.7 Å². The maximum atomic E-state index is 14.1. The minimum atomic E-state index is -0.936. The van der Waals surface area contributed by atoms with Crippen LogP contribution in [0.3, 0.4) is 0 Å². The molecule has 6 heteroatoms. The maximum Gasteiger partial charge on any atom is 0.166 e. The van der Waals surface area contributed by atoms with Crippen molar-refractivity contribution in [3.05, 3.63) is 84.5 Å². The number of amidine groups is 1. The van der Waals surface area contributed by atoms with Gasteiger partial charge in [-0.05, 0) is 35.6 Å². The largest absolute Gasteiger partial charge is 0.387 e. The van der Waals surface area contributed by atoms with Crippen molar-refractivity contribution in [1.82, 2.24) is 15.1 Å². The Bertz CT molecular complexity index is 980. The number of benzene rings is 1. The lowest BCUT2D eigenvalue weighted by atomic mass is 9.91. The molecule has 32 heavy (non-hydrogen) atoms. The summed E-state index contributed by atoms with van der Waals surface area (Å²) < 4.78 is 28.1. The second kappa shape index (κ2) is 10.4. The summed E-state index contributed by atoms with van der Waals surface area (Å²) in [6, 6.07) is 2.70. The lowest BCUT2D eigenvalue weighted by Gasteiger charge is -2.28. The molecule has 0 spiro atoms. The lowest BCUT2D eigenvalue weighted by molar-refractivity contribution is 0.394. The molecule has 1 aliphatic rings. The van der Waals surface area contributed by atoms with Crippen LogP contribution >= 0.6 is 0 Å². The highest BCUT2D eigenvalue weighted by Crippen LogP contribution is 2.28. The predicted molar refractivity (Wildman–Crippen MR) is 132 cm³/mol. The standard InChI is InChI=1S/C26H34F2N4/c1-9-19-15-20(16-22(27)24(19)28)21(10-2)25-30-23(11-13-32(25)8)31(7)14-12-29-18(3)17-26(4,5)6/h9-11,13,15-16,29H,1-3,12,14,17H2,4-8H3/b25-21+. The molecule has 0 fully saturated rings. The van der Waals surface area contributed by atoms with E-state index in [1.165, 1.54) is 6.08 Å². The van der Waals surface area contributed by atoms with Crippen LogP contribution < -0.4 is 5.32 Å². The van der Waals surface area contributed by atoms with Gasteiger partial charge < -0.3 is 15.1 Å². The number of nitrogens with one attached hydrogen (secondary N) is 1. The first-order chi connectivity index (χ1) is 15.0. The molecule has 0 atom stereocenters. The first-order valence-electron chi connectivity index (χ1n) is 10.6. The first-order valence-corrected chi connectivity index (χ1v) is 10.6. The number of rotatable bonds is 8. The van der Waals surface area contributed by atoms with Crippen LogP contribution in [0.25, 0.3) is 11.6 Å². The molecule has 4 nitrogen and oxygen atoms in total. The van der Waals surface area contributed by atoms with E-state index >= 15 is 0 Å². The molecule has 0 saturated carbocycles. The van der Waals surface area contributed by atoms with Gasteiger partial charge in [0.2, 0.25) is 0 Å². The normalized spacial score (nSPS) is 15.2. The highest BCUT2D eigenvalue weighted by Gasteiger charge is 2.18. The third kappa shape index (κ3) is 6.42. The fraction of sp³-hybridized carbons (Fsp3) is 0.346. The number of nitrogens with zero attached hydrogens (tertiary/aromatic N) is 3. The van der Waals surface area contributed by atoms with Crippen molar-refractivity contribution in [1.29, 1.82) is 0 Å². The van der Waals surface area contributed by atoms with Crippen LogP contribution in [0.1, 0.15) is 38.3 Å². The van der Waals surface area contributed by atoms with E-state index in [1.54, 1.807) is 12.1 Å². The average Bonchev–Trinajstić information content (AvgIpc) is 2.70. The Labute approximate surface area is 191 Å². The third-order valence-corrected chi connectivity index (χ3v) is 4.99. The summed E-state index contributed by atoms with van der Waals surface area (Å²) in [5, 5.41) is 3.37. The van der Waals surface area contributed by atoms with E-state index in [4.69, 9.17) is 4.99 Å². The number of allylic oxidation sites excluding steroid dienone is 3. The summed E-state index contributed by atoms with van der Waals surface area (Å²) >= 11 is 0.